The molecule has 0 aromatic heterocycles. The lowest BCUT2D eigenvalue weighted by Crippen LogP contribution is -2.65. The van der Waals surface area contributed by atoms with E-state index in [1.807, 2.05) is 0 Å². The molecule has 1 saturated heterocycles. The smallest absolute Gasteiger partial charge is 0.466 e. The topological polar surface area (TPSA) is 141 Å². The van der Waals surface area contributed by atoms with E-state index in [0.29, 0.717) is 18.3 Å². The van der Waals surface area contributed by atoms with Gasteiger partial charge in [0.1, 0.15) is 11.6 Å². The average Bonchev–Trinajstić information content (AvgIpc) is 3.20. The number of ether oxygens (including phenoxy) is 2. The molecule has 4 aliphatic rings. The van der Waals surface area contributed by atoms with Crippen molar-refractivity contribution in [1.82, 2.24) is 16.0 Å². The molecule has 41 heavy (non-hydrogen) atoms. The van der Waals surface area contributed by atoms with E-state index in [2.05, 4.69) is 50.6 Å². The van der Waals surface area contributed by atoms with Gasteiger partial charge in [-0.05, 0) is 77.0 Å². The van der Waals surface area contributed by atoms with Crippen molar-refractivity contribution >= 4 is 31.0 Å². The van der Waals surface area contributed by atoms with Crippen molar-refractivity contribution in [3.63, 3.8) is 0 Å². The van der Waals surface area contributed by atoms with Gasteiger partial charge in [0, 0.05) is 13.0 Å². The summed E-state index contributed by atoms with van der Waals surface area (Å²) >= 11 is 0. The highest BCUT2D eigenvalue weighted by Crippen LogP contribution is 2.65. The number of carbonyl (C=O) groups is 4. The first-order valence-electron chi connectivity index (χ1n) is 15.0. The molecule has 1 aliphatic heterocycles. The molecule has 3 amide bonds. The summed E-state index contributed by atoms with van der Waals surface area (Å²) < 4.78 is 23.3. The molecular weight excluding hydrogens is 529 g/mol. The maximum atomic E-state index is 13.6. The van der Waals surface area contributed by atoms with Gasteiger partial charge in [0.2, 0.25) is 11.8 Å². The third kappa shape index (κ3) is 8.15. The van der Waals surface area contributed by atoms with Crippen LogP contribution in [0.25, 0.3) is 0 Å². The van der Waals surface area contributed by atoms with Gasteiger partial charge in [0.15, 0.2) is 0 Å². The van der Waals surface area contributed by atoms with E-state index in [4.69, 9.17) is 18.8 Å². The molecule has 2 bridgehead atoms. The van der Waals surface area contributed by atoms with E-state index in [0.717, 1.165) is 12.8 Å². The normalized spacial score (nSPS) is 27.7. The third-order valence-corrected chi connectivity index (χ3v) is 8.72. The zero-order valence-corrected chi connectivity index (χ0v) is 26.3. The maximum Gasteiger partial charge on any atom is 0.481 e. The zero-order valence-electron chi connectivity index (χ0n) is 26.3. The molecule has 0 radical (unpaired) electrons. The van der Waals surface area contributed by atoms with E-state index in [1.165, 1.54) is 0 Å². The summed E-state index contributed by atoms with van der Waals surface area (Å²) in [6, 6.07) is -1.13. The summed E-state index contributed by atoms with van der Waals surface area (Å²) in [6.45, 7) is 17.7. The second kappa shape index (κ2) is 12.9. The van der Waals surface area contributed by atoms with Crippen molar-refractivity contribution in [2.75, 3.05) is 13.2 Å². The lowest BCUT2D eigenvalue weighted by Gasteiger charge is -2.64. The Hall–Kier alpha value is -2.34. The number of alkyl carbamates (subject to hydrolysis) is 1. The second-order valence-electron chi connectivity index (χ2n) is 13.9. The monoisotopic (exact) mass is 579 g/mol. The number of hydrogen-bond acceptors (Lipinski definition) is 8. The van der Waals surface area contributed by atoms with Crippen molar-refractivity contribution in [1.29, 1.82) is 0 Å². The highest BCUT2D eigenvalue weighted by Gasteiger charge is 2.68. The van der Waals surface area contributed by atoms with Crippen molar-refractivity contribution in [2.24, 2.45) is 23.2 Å². The Morgan fingerprint density at radius 2 is 1.73 bits per heavy atom. The van der Waals surface area contributed by atoms with Crippen LogP contribution in [-0.2, 0) is 33.2 Å². The molecule has 0 unspecified atom stereocenters. The number of rotatable bonds is 12. The van der Waals surface area contributed by atoms with Crippen LogP contribution < -0.4 is 16.0 Å². The third-order valence-electron chi connectivity index (χ3n) is 8.72. The molecule has 4 fully saturated rings. The van der Waals surface area contributed by atoms with Gasteiger partial charge in [-0.2, -0.15) is 0 Å². The standard InChI is InChI=1S/C29H50BN3O8/c1-10-38-24(35)12-11-23(34)31-16-19(32-26(37)39-27(4,5)6)25(36)33-22(13-17(2)3)30-40-21-15-18-14-20(28(18,7)8)29(21,9)41-30/h17-22H,10-16H2,1-9H3,(H,31,34)(H,32,37)(H,33,36)/t18-,19+,20-,21-,22+,29+/m1/s1. The van der Waals surface area contributed by atoms with Crippen molar-refractivity contribution < 1.29 is 38.0 Å². The Morgan fingerprint density at radius 3 is 2.32 bits per heavy atom. The fourth-order valence-corrected chi connectivity index (χ4v) is 6.51. The van der Waals surface area contributed by atoms with Gasteiger partial charge in [0.05, 0.1) is 30.7 Å². The fourth-order valence-electron chi connectivity index (χ4n) is 6.51. The lowest BCUT2D eigenvalue weighted by molar-refractivity contribution is -0.199. The highest BCUT2D eigenvalue weighted by atomic mass is 16.7. The molecule has 0 aromatic carbocycles. The summed E-state index contributed by atoms with van der Waals surface area (Å²) in [5, 5.41) is 8.26. The van der Waals surface area contributed by atoms with Gasteiger partial charge >= 0.3 is 19.2 Å². The van der Waals surface area contributed by atoms with Gasteiger partial charge in [-0.25, -0.2) is 4.79 Å². The summed E-state index contributed by atoms with van der Waals surface area (Å²) in [6.07, 6.45) is 1.65. The second-order valence-corrected chi connectivity index (χ2v) is 13.9. The van der Waals surface area contributed by atoms with Crippen molar-refractivity contribution in [3.05, 3.63) is 0 Å². The Kier molecular flexibility index (Phi) is 10.4. The Labute approximate surface area is 245 Å². The van der Waals surface area contributed by atoms with E-state index >= 15 is 0 Å². The minimum atomic E-state index is -1.13. The predicted octanol–water partition coefficient (Wildman–Crippen LogP) is 3.14. The van der Waals surface area contributed by atoms with Crippen molar-refractivity contribution in [2.45, 2.75) is 124 Å². The summed E-state index contributed by atoms with van der Waals surface area (Å²) in [5.41, 5.74) is -1.02. The Bertz CT molecular complexity index is 984. The quantitative estimate of drug-likeness (QED) is 0.237. The zero-order chi connectivity index (χ0) is 30.8. The molecule has 0 aromatic rings. The summed E-state index contributed by atoms with van der Waals surface area (Å²) in [7, 11) is -0.632. The first kappa shape index (κ1) is 33.2. The molecule has 3 N–H and O–H groups in total. The van der Waals surface area contributed by atoms with Crippen LogP contribution in [0.1, 0.15) is 94.4 Å². The van der Waals surface area contributed by atoms with Crippen LogP contribution in [0.2, 0.25) is 0 Å². The minimum absolute atomic E-state index is 0.0368. The lowest BCUT2D eigenvalue weighted by atomic mass is 9.43. The van der Waals surface area contributed by atoms with E-state index in [9.17, 15) is 19.2 Å². The SMILES string of the molecule is CCOC(=O)CCC(=O)NC[C@H](NC(=O)OC(C)(C)C)C(=O)N[C@@H](CC(C)C)B1O[C@@H]2C[C@H]3C[C@H](C3(C)C)[C@]2(C)O1. The van der Waals surface area contributed by atoms with Crippen LogP contribution in [0.15, 0.2) is 0 Å². The molecule has 232 valence electrons. The number of hydrogen-bond donors (Lipinski definition) is 3. The molecule has 11 nitrogen and oxygen atoms in total. The molecular formula is C29H50BN3O8. The van der Waals surface area contributed by atoms with E-state index in [1.54, 1.807) is 27.7 Å². The van der Waals surface area contributed by atoms with Crippen LogP contribution in [-0.4, -0.2) is 73.4 Å². The summed E-state index contributed by atoms with van der Waals surface area (Å²) in [5.74, 6) is -0.676. The molecule has 6 atom stereocenters. The first-order valence-corrected chi connectivity index (χ1v) is 15.0. The van der Waals surface area contributed by atoms with Gasteiger partial charge in [-0.3, -0.25) is 14.4 Å². The van der Waals surface area contributed by atoms with Crippen LogP contribution in [0, 0.1) is 23.2 Å². The van der Waals surface area contributed by atoms with Gasteiger partial charge in [-0.1, -0.05) is 27.7 Å². The van der Waals surface area contributed by atoms with Crippen LogP contribution in [0.3, 0.4) is 0 Å². The summed E-state index contributed by atoms with van der Waals surface area (Å²) in [4.78, 5) is 50.2. The fraction of sp³-hybridized carbons (Fsp3) is 0.862. The highest BCUT2D eigenvalue weighted by molar-refractivity contribution is 6.48. The molecule has 4 rings (SSSR count). The van der Waals surface area contributed by atoms with E-state index < -0.39 is 54.2 Å². The molecule has 3 saturated carbocycles. The van der Waals surface area contributed by atoms with Gasteiger partial charge in [0.25, 0.3) is 0 Å². The maximum absolute atomic E-state index is 13.6. The largest absolute Gasteiger partial charge is 0.481 e. The predicted molar refractivity (Wildman–Crippen MR) is 154 cm³/mol. The Morgan fingerprint density at radius 1 is 1.05 bits per heavy atom. The number of carbonyl (C=O) groups excluding carboxylic acids is 4. The van der Waals surface area contributed by atoms with Crippen LogP contribution >= 0.6 is 0 Å². The van der Waals surface area contributed by atoms with Crippen LogP contribution in [0.4, 0.5) is 4.79 Å². The molecule has 12 heteroatoms. The molecule has 1 heterocycles. The van der Waals surface area contributed by atoms with Gasteiger partial charge < -0.3 is 34.7 Å². The molecule has 3 aliphatic carbocycles. The minimum Gasteiger partial charge on any atom is -0.466 e. The van der Waals surface area contributed by atoms with Crippen molar-refractivity contribution in [3.8, 4) is 0 Å². The van der Waals surface area contributed by atoms with Gasteiger partial charge in [-0.15, -0.1) is 0 Å². The average molecular weight is 580 g/mol. The molecule has 0 spiro atoms. The number of nitrogens with one attached hydrogen (secondary N) is 3. The number of amides is 3. The number of esters is 1. The Balaban J connectivity index is 1.70. The van der Waals surface area contributed by atoms with E-state index in [-0.39, 0.29) is 43.4 Å². The van der Waals surface area contributed by atoms with Crippen LogP contribution in [0.5, 0.6) is 0 Å². The first-order chi connectivity index (χ1) is 19.0.